The van der Waals surface area contributed by atoms with Crippen molar-refractivity contribution in [2.24, 2.45) is 0 Å². The summed E-state index contributed by atoms with van der Waals surface area (Å²) in [5.41, 5.74) is 5.42. The fraction of sp³-hybridized carbons (Fsp3) is 0. The van der Waals surface area contributed by atoms with Gasteiger partial charge in [0.25, 0.3) is 11.8 Å². The van der Waals surface area contributed by atoms with Gasteiger partial charge in [-0.2, -0.15) is 0 Å². The lowest BCUT2D eigenvalue weighted by Crippen LogP contribution is -2.17. The molecule has 2 amide bonds. The van der Waals surface area contributed by atoms with Crippen LogP contribution in [0, 0.1) is 0 Å². The summed E-state index contributed by atoms with van der Waals surface area (Å²) in [6.07, 6.45) is 1.75. The Bertz CT molecular complexity index is 1410. The van der Waals surface area contributed by atoms with E-state index in [1.54, 1.807) is 30.3 Å². The van der Waals surface area contributed by atoms with Crippen LogP contribution < -0.4 is 10.6 Å². The lowest BCUT2D eigenvalue weighted by atomic mass is 10.0. The Balaban J connectivity index is 1.25. The molecule has 8 heteroatoms. The molecule has 1 aromatic heterocycles. The highest BCUT2D eigenvalue weighted by molar-refractivity contribution is 8.26. The van der Waals surface area contributed by atoms with Crippen molar-refractivity contribution < 1.29 is 9.59 Å². The van der Waals surface area contributed by atoms with Crippen molar-refractivity contribution in [2.75, 3.05) is 5.32 Å². The first kappa shape index (κ1) is 22.2. The van der Waals surface area contributed by atoms with Crippen molar-refractivity contribution in [3.63, 3.8) is 0 Å². The number of amides is 2. The number of nitrogens with zero attached hydrogens (tertiary/aromatic N) is 1. The lowest BCUT2D eigenvalue weighted by Gasteiger charge is -2.04. The van der Waals surface area contributed by atoms with Crippen LogP contribution in [0.25, 0.3) is 28.5 Å². The zero-order valence-electron chi connectivity index (χ0n) is 17.6. The average molecular weight is 500 g/mol. The number of carbonyl (C=O) groups excluding carboxylic acids is 2. The SMILES string of the molecule is O=C1NC(=S)S/C1=C\c1ccc(C(=O)Nc2nc(-c3ccc(-c4ccccc4)cc3)cs2)cc1. The first-order chi connectivity index (χ1) is 16.5. The first-order valence-electron chi connectivity index (χ1n) is 10.3. The molecule has 2 N–H and O–H groups in total. The van der Waals surface area contributed by atoms with E-state index < -0.39 is 0 Å². The molecule has 0 saturated carbocycles. The summed E-state index contributed by atoms with van der Waals surface area (Å²) in [4.78, 5) is 29.6. The van der Waals surface area contributed by atoms with E-state index in [0.29, 0.717) is 19.9 Å². The van der Waals surface area contributed by atoms with Gasteiger partial charge in [0.05, 0.1) is 10.6 Å². The molecule has 1 aliphatic rings. The lowest BCUT2D eigenvalue weighted by molar-refractivity contribution is -0.115. The molecule has 0 spiro atoms. The molecular formula is C26H17N3O2S3. The van der Waals surface area contributed by atoms with Gasteiger partial charge in [-0.05, 0) is 34.9 Å². The van der Waals surface area contributed by atoms with Crippen LogP contribution in [0.3, 0.4) is 0 Å². The summed E-state index contributed by atoms with van der Waals surface area (Å²) >= 11 is 7.61. The van der Waals surface area contributed by atoms with E-state index >= 15 is 0 Å². The number of aromatic nitrogens is 1. The smallest absolute Gasteiger partial charge is 0.263 e. The normalized spacial score (nSPS) is 14.3. The summed E-state index contributed by atoms with van der Waals surface area (Å²) in [5.74, 6) is -0.445. The van der Waals surface area contributed by atoms with Crippen molar-refractivity contribution in [3.8, 4) is 22.4 Å². The third-order valence-corrected chi connectivity index (χ3v) is 7.05. The second-order valence-electron chi connectivity index (χ2n) is 7.41. The maximum Gasteiger partial charge on any atom is 0.263 e. The number of thioether (sulfide) groups is 1. The minimum Gasteiger partial charge on any atom is -0.307 e. The molecule has 0 unspecified atom stereocenters. The molecule has 5 nitrogen and oxygen atoms in total. The van der Waals surface area contributed by atoms with Gasteiger partial charge in [0.2, 0.25) is 0 Å². The monoisotopic (exact) mass is 499 g/mol. The van der Waals surface area contributed by atoms with Gasteiger partial charge in [-0.15, -0.1) is 11.3 Å². The second-order valence-corrected chi connectivity index (χ2v) is 9.99. The molecule has 1 saturated heterocycles. The molecule has 3 aromatic carbocycles. The van der Waals surface area contributed by atoms with Gasteiger partial charge in [0, 0.05) is 16.5 Å². The van der Waals surface area contributed by atoms with Gasteiger partial charge in [-0.1, -0.05) is 90.7 Å². The molecule has 166 valence electrons. The van der Waals surface area contributed by atoms with E-state index in [0.717, 1.165) is 27.9 Å². The number of carbonyl (C=O) groups is 2. The highest BCUT2D eigenvalue weighted by Gasteiger charge is 2.21. The number of benzene rings is 3. The third kappa shape index (κ3) is 4.99. The maximum atomic E-state index is 12.7. The Kier molecular flexibility index (Phi) is 6.35. The topological polar surface area (TPSA) is 71.1 Å². The summed E-state index contributed by atoms with van der Waals surface area (Å²) < 4.78 is 0.446. The Morgan fingerprint density at radius 1 is 0.912 bits per heavy atom. The van der Waals surface area contributed by atoms with Crippen molar-refractivity contribution >= 4 is 62.7 Å². The molecular weight excluding hydrogens is 483 g/mol. The average Bonchev–Trinajstić information content (AvgIpc) is 3.45. The molecule has 1 aliphatic heterocycles. The van der Waals surface area contributed by atoms with E-state index in [1.807, 2.05) is 35.7 Å². The number of anilines is 1. The van der Waals surface area contributed by atoms with E-state index in [9.17, 15) is 9.59 Å². The van der Waals surface area contributed by atoms with Crippen molar-refractivity contribution in [2.45, 2.75) is 0 Å². The fourth-order valence-corrected chi connectivity index (χ4v) is 5.16. The van der Waals surface area contributed by atoms with Crippen LogP contribution in [0.15, 0.2) is 89.1 Å². The molecule has 5 rings (SSSR count). The highest BCUT2D eigenvalue weighted by Crippen LogP contribution is 2.28. The van der Waals surface area contributed by atoms with Crippen molar-refractivity contribution in [1.82, 2.24) is 10.3 Å². The zero-order valence-corrected chi connectivity index (χ0v) is 20.1. The van der Waals surface area contributed by atoms with Crippen LogP contribution >= 0.6 is 35.3 Å². The summed E-state index contributed by atoms with van der Waals surface area (Å²) in [5, 5.41) is 7.90. The minimum atomic E-state index is -0.242. The summed E-state index contributed by atoms with van der Waals surface area (Å²) in [6.45, 7) is 0. The molecule has 4 aromatic rings. The predicted molar refractivity (Wildman–Crippen MR) is 144 cm³/mol. The zero-order chi connectivity index (χ0) is 23.5. The Morgan fingerprint density at radius 3 is 2.26 bits per heavy atom. The molecule has 34 heavy (non-hydrogen) atoms. The molecule has 0 aliphatic carbocycles. The maximum absolute atomic E-state index is 12.7. The number of thiocarbonyl (C=S) groups is 1. The van der Waals surface area contributed by atoms with Crippen LogP contribution in [0.1, 0.15) is 15.9 Å². The van der Waals surface area contributed by atoms with Crippen molar-refractivity contribution in [3.05, 3.63) is 100 Å². The Morgan fingerprint density at radius 2 is 1.59 bits per heavy atom. The molecule has 2 heterocycles. The van der Waals surface area contributed by atoms with Crippen LogP contribution in [-0.2, 0) is 4.79 Å². The number of hydrogen-bond donors (Lipinski definition) is 2. The predicted octanol–water partition coefficient (Wildman–Crippen LogP) is 6.22. The molecule has 0 atom stereocenters. The van der Waals surface area contributed by atoms with E-state index in [4.69, 9.17) is 12.2 Å². The largest absolute Gasteiger partial charge is 0.307 e. The van der Waals surface area contributed by atoms with Gasteiger partial charge < -0.3 is 5.32 Å². The second kappa shape index (κ2) is 9.72. The Hall–Kier alpha value is -3.59. The first-order valence-corrected chi connectivity index (χ1v) is 12.4. The van der Waals surface area contributed by atoms with Crippen LogP contribution in [0.4, 0.5) is 5.13 Å². The van der Waals surface area contributed by atoms with E-state index in [2.05, 4.69) is 39.9 Å². The summed E-state index contributed by atoms with van der Waals surface area (Å²) in [6, 6.07) is 25.4. The fourth-order valence-electron chi connectivity index (χ4n) is 3.40. The van der Waals surface area contributed by atoms with Gasteiger partial charge in [0.15, 0.2) is 5.13 Å². The van der Waals surface area contributed by atoms with E-state index in [-0.39, 0.29) is 11.8 Å². The van der Waals surface area contributed by atoms with Crippen molar-refractivity contribution in [1.29, 1.82) is 0 Å². The summed E-state index contributed by atoms with van der Waals surface area (Å²) in [7, 11) is 0. The minimum absolute atomic E-state index is 0.203. The highest BCUT2D eigenvalue weighted by atomic mass is 32.2. The van der Waals surface area contributed by atoms with Gasteiger partial charge in [-0.25, -0.2) is 4.98 Å². The number of rotatable bonds is 5. The number of hydrogen-bond acceptors (Lipinski definition) is 6. The van der Waals surface area contributed by atoms with Gasteiger partial charge in [0.1, 0.15) is 4.32 Å². The standard InChI is InChI=1S/C26H17N3O2S3/c30-23(20-8-6-16(7-9-20)14-22-24(31)29-26(32)34-22)28-25-27-21(15-33-25)19-12-10-18(11-13-19)17-4-2-1-3-5-17/h1-15H,(H,27,28,30)(H,29,31,32)/b22-14-. The van der Waals surface area contributed by atoms with Crippen LogP contribution in [-0.4, -0.2) is 21.1 Å². The molecule has 0 radical (unpaired) electrons. The van der Waals surface area contributed by atoms with Gasteiger partial charge in [-0.3, -0.25) is 14.9 Å². The van der Waals surface area contributed by atoms with Crippen LogP contribution in [0.5, 0.6) is 0 Å². The molecule has 0 bridgehead atoms. The van der Waals surface area contributed by atoms with Crippen LogP contribution in [0.2, 0.25) is 0 Å². The number of thiazole rings is 1. The van der Waals surface area contributed by atoms with E-state index in [1.165, 1.54) is 23.1 Å². The molecule has 1 fully saturated rings. The third-order valence-electron chi connectivity index (χ3n) is 5.13. The number of nitrogens with one attached hydrogen (secondary N) is 2. The Labute approximate surface area is 209 Å². The quantitative estimate of drug-likeness (QED) is 0.252. The van der Waals surface area contributed by atoms with Gasteiger partial charge >= 0.3 is 0 Å².